The van der Waals surface area contributed by atoms with E-state index in [2.05, 4.69) is 5.32 Å². The second-order valence-electron chi connectivity index (χ2n) is 5.16. The minimum Gasteiger partial charge on any atom is -0.462 e. The van der Waals surface area contributed by atoms with Crippen LogP contribution in [-0.4, -0.2) is 37.3 Å². The van der Waals surface area contributed by atoms with Crippen LogP contribution in [0.5, 0.6) is 0 Å². The molecule has 0 saturated carbocycles. The molecule has 0 spiro atoms. The summed E-state index contributed by atoms with van der Waals surface area (Å²) < 4.78 is 9.78. The van der Waals surface area contributed by atoms with Gasteiger partial charge in [0.2, 0.25) is 0 Å². The van der Waals surface area contributed by atoms with Crippen LogP contribution in [0.4, 0.5) is 5.69 Å². The Morgan fingerprint density at radius 1 is 0.885 bits per heavy atom. The zero-order valence-corrected chi connectivity index (χ0v) is 14.1. The zero-order chi connectivity index (χ0) is 18.9. The summed E-state index contributed by atoms with van der Waals surface area (Å²) in [4.78, 5) is 45.8. The van der Waals surface area contributed by atoms with Crippen LogP contribution < -0.4 is 5.32 Å². The second-order valence-corrected chi connectivity index (χ2v) is 5.16. The van der Waals surface area contributed by atoms with E-state index in [1.54, 1.807) is 19.1 Å². The first kappa shape index (κ1) is 18.9. The van der Waals surface area contributed by atoms with Gasteiger partial charge in [-0.05, 0) is 43.3 Å². The van der Waals surface area contributed by atoms with E-state index < -0.39 is 24.5 Å². The molecular weight excluding hydrogens is 338 g/mol. The summed E-state index contributed by atoms with van der Waals surface area (Å²) in [7, 11) is 0. The topological polar surface area (TPSA) is 98.8 Å². The molecule has 7 nitrogen and oxygen atoms in total. The first-order chi connectivity index (χ1) is 12.5. The number of hydrogen-bond acceptors (Lipinski definition) is 6. The first-order valence-electron chi connectivity index (χ1n) is 7.83. The Morgan fingerprint density at radius 3 is 1.96 bits per heavy atom. The van der Waals surface area contributed by atoms with Crippen LogP contribution in [0.3, 0.4) is 0 Å². The lowest BCUT2D eigenvalue weighted by Gasteiger charge is -2.07. The molecule has 0 bridgehead atoms. The molecular formula is C19H17NO6. The molecule has 0 aliphatic rings. The third-order valence-electron chi connectivity index (χ3n) is 3.30. The van der Waals surface area contributed by atoms with Crippen molar-refractivity contribution in [2.75, 3.05) is 18.5 Å². The lowest BCUT2D eigenvalue weighted by atomic mass is 10.1. The van der Waals surface area contributed by atoms with Crippen molar-refractivity contribution < 1.29 is 28.7 Å². The van der Waals surface area contributed by atoms with Gasteiger partial charge in [0.05, 0.1) is 17.7 Å². The molecule has 26 heavy (non-hydrogen) atoms. The van der Waals surface area contributed by atoms with Crippen molar-refractivity contribution in [2.45, 2.75) is 6.92 Å². The van der Waals surface area contributed by atoms with Crippen molar-refractivity contribution in [3.63, 3.8) is 0 Å². The van der Waals surface area contributed by atoms with Crippen LogP contribution in [0.1, 0.15) is 38.0 Å². The monoisotopic (exact) mass is 355 g/mol. The number of nitrogens with one attached hydrogen (secondary N) is 1. The Labute approximate surface area is 149 Å². The van der Waals surface area contributed by atoms with Crippen LogP contribution in [-0.2, 0) is 14.3 Å². The largest absolute Gasteiger partial charge is 0.462 e. The summed E-state index contributed by atoms with van der Waals surface area (Å²) >= 11 is 0. The number of ether oxygens (including phenoxy) is 2. The summed E-state index contributed by atoms with van der Waals surface area (Å²) in [5, 5.41) is 2.55. The smallest absolute Gasteiger partial charge is 0.338 e. The molecule has 0 aliphatic heterocycles. The molecule has 1 N–H and O–H groups in total. The van der Waals surface area contributed by atoms with E-state index in [1.165, 1.54) is 36.4 Å². The van der Waals surface area contributed by atoms with Crippen molar-refractivity contribution in [3.8, 4) is 0 Å². The number of esters is 2. The van der Waals surface area contributed by atoms with Gasteiger partial charge in [0.1, 0.15) is 6.29 Å². The van der Waals surface area contributed by atoms with Gasteiger partial charge in [-0.25, -0.2) is 9.59 Å². The fraction of sp³-hybridized carbons (Fsp3) is 0.158. The van der Waals surface area contributed by atoms with E-state index in [1.807, 2.05) is 0 Å². The Bertz CT molecular complexity index is 796. The zero-order valence-electron chi connectivity index (χ0n) is 14.1. The summed E-state index contributed by atoms with van der Waals surface area (Å²) in [5.41, 5.74) is 1.50. The molecule has 2 rings (SSSR count). The van der Waals surface area contributed by atoms with E-state index in [0.29, 0.717) is 23.1 Å². The SMILES string of the molecule is CCOC(=O)c1ccc(NC(=O)COC(=O)c2ccc(C=O)cc2)cc1. The molecule has 0 aromatic heterocycles. The Hall–Kier alpha value is -3.48. The molecule has 1 amide bonds. The Morgan fingerprint density at radius 2 is 1.42 bits per heavy atom. The Kier molecular flexibility index (Phi) is 6.61. The van der Waals surface area contributed by atoms with Crippen molar-refractivity contribution in [1.29, 1.82) is 0 Å². The fourth-order valence-corrected chi connectivity index (χ4v) is 2.01. The maximum atomic E-state index is 11.8. The molecule has 0 unspecified atom stereocenters. The number of carbonyl (C=O) groups is 4. The van der Waals surface area contributed by atoms with Crippen LogP contribution in [0, 0.1) is 0 Å². The summed E-state index contributed by atoms with van der Waals surface area (Å²) in [6, 6.07) is 12.0. The quantitative estimate of drug-likeness (QED) is 0.605. The van der Waals surface area contributed by atoms with Crippen molar-refractivity contribution in [2.24, 2.45) is 0 Å². The Balaban J connectivity index is 1.85. The molecule has 2 aromatic carbocycles. The van der Waals surface area contributed by atoms with E-state index in [-0.39, 0.29) is 12.2 Å². The van der Waals surface area contributed by atoms with Gasteiger partial charge in [-0.3, -0.25) is 9.59 Å². The molecule has 7 heteroatoms. The number of aldehydes is 1. The van der Waals surface area contributed by atoms with Crippen molar-refractivity contribution in [3.05, 3.63) is 65.2 Å². The number of carbonyl (C=O) groups excluding carboxylic acids is 4. The van der Waals surface area contributed by atoms with Crippen molar-refractivity contribution >= 4 is 29.8 Å². The van der Waals surface area contributed by atoms with Gasteiger partial charge >= 0.3 is 11.9 Å². The molecule has 0 aliphatic carbocycles. The molecule has 0 heterocycles. The minimum absolute atomic E-state index is 0.238. The van der Waals surface area contributed by atoms with Crippen molar-refractivity contribution in [1.82, 2.24) is 0 Å². The third-order valence-corrected chi connectivity index (χ3v) is 3.30. The predicted molar refractivity (Wildman–Crippen MR) is 93.1 cm³/mol. The number of amides is 1. The average Bonchev–Trinajstić information content (AvgIpc) is 2.67. The van der Waals surface area contributed by atoms with E-state index in [9.17, 15) is 19.2 Å². The predicted octanol–water partition coefficient (Wildman–Crippen LogP) is 2.47. The molecule has 0 fully saturated rings. The summed E-state index contributed by atoms with van der Waals surface area (Å²) in [5.74, 6) is -1.64. The molecule has 0 radical (unpaired) electrons. The van der Waals surface area contributed by atoms with Gasteiger partial charge in [0, 0.05) is 11.3 Å². The van der Waals surface area contributed by atoms with Gasteiger partial charge in [-0.2, -0.15) is 0 Å². The summed E-state index contributed by atoms with van der Waals surface area (Å²) in [6.45, 7) is 1.53. The third kappa shape index (κ3) is 5.27. The maximum absolute atomic E-state index is 11.8. The van der Waals surface area contributed by atoms with E-state index >= 15 is 0 Å². The molecule has 134 valence electrons. The van der Waals surface area contributed by atoms with Gasteiger partial charge in [-0.15, -0.1) is 0 Å². The average molecular weight is 355 g/mol. The fourth-order valence-electron chi connectivity index (χ4n) is 2.01. The number of benzene rings is 2. The maximum Gasteiger partial charge on any atom is 0.338 e. The van der Waals surface area contributed by atoms with Crippen LogP contribution >= 0.6 is 0 Å². The second kappa shape index (κ2) is 9.12. The highest BCUT2D eigenvalue weighted by atomic mass is 16.5. The highest BCUT2D eigenvalue weighted by Crippen LogP contribution is 2.11. The minimum atomic E-state index is -0.671. The van der Waals surface area contributed by atoms with Gasteiger partial charge < -0.3 is 14.8 Å². The lowest BCUT2D eigenvalue weighted by Crippen LogP contribution is -2.21. The van der Waals surface area contributed by atoms with E-state index in [0.717, 1.165) is 0 Å². The van der Waals surface area contributed by atoms with E-state index in [4.69, 9.17) is 9.47 Å². The van der Waals surface area contributed by atoms with Crippen LogP contribution in [0.15, 0.2) is 48.5 Å². The number of hydrogen-bond donors (Lipinski definition) is 1. The van der Waals surface area contributed by atoms with Gasteiger partial charge in [0.25, 0.3) is 5.91 Å². The number of rotatable bonds is 7. The van der Waals surface area contributed by atoms with Crippen LogP contribution in [0.25, 0.3) is 0 Å². The molecule has 2 aromatic rings. The normalized spacial score (nSPS) is 9.88. The van der Waals surface area contributed by atoms with Gasteiger partial charge in [-0.1, -0.05) is 12.1 Å². The van der Waals surface area contributed by atoms with Gasteiger partial charge in [0.15, 0.2) is 6.61 Å². The highest BCUT2D eigenvalue weighted by Gasteiger charge is 2.11. The molecule has 0 atom stereocenters. The van der Waals surface area contributed by atoms with Crippen LogP contribution in [0.2, 0.25) is 0 Å². The number of anilines is 1. The summed E-state index contributed by atoms with van der Waals surface area (Å²) in [6.07, 6.45) is 0.662. The first-order valence-corrected chi connectivity index (χ1v) is 7.83. The lowest BCUT2D eigenvalue weighted by molar-refractivity contribution is -0.119. The molecule has 0 saturated heterocycles. The highest BCUT2D eigenvalue weighted by molar-refractivity contribution is 5.96. The standard InChI is InChI=1S/C19H17NO6/c1-2-25-18(23)15-7-9-16(10-8-15)20-17(22)12-26-19(24)14-5-3-13(11-21)4-6-14/h3-11H,2,12H2,1H3,(H,20,22).